The molecule has 4 rings (SSSR count). The van der Waals surface area contributed by atoms with Gasteiger partial charge in [-0.15, -0.1) is 0 Å². The Labute approximate surface area is 234 Å². The fourth-order valence-electron chi connectivity index (χ4n) is 3.32. The van der Waals surface area contributed by atoms with Crippen molar-refractivity contribution in [1.29, 1.82) is 0 Å². The molecule has 0 unspecified atom stereocenters. The highest BCUT2D eigenvalue weighted by Gasteiger charge is 2.35. The monoisotopic (exact) mass is 598 g/mol. The van der Waals surface area contributed by atoms with E-state index >= 15 is 0 Å². The zero-order chi connectivity index (χ0) is 29.5. The summed E-state index contributed by atoms with van der Waals surface area (Å²) in [4.78, 5) is 23.8. The number of hydrogen-bond donors (Lipinski definition) is 2. The molecule has 0 aliphatic heterocycles. The van der Waals surface area contributed by atoms with E-state index in [4.69, 9.17) is 23.2 Å². The lowest BCUT2D eigenvalue weighted by molar-refractivity contribution is -0.138. The zero-order valence-electron chi connectivity index (χ0n) is 20.1. The first kappa shape index (κ1) is 30.5. The summed E-state index contributed by atoms with van der Waals surface area (Å²) in [6.45, 7) is 0. The van der Waals surface area contributed by atoms with Gasteiger partial charge < -0.3 is 10.6 Å². The van der Waals surface area contributed by atoms with Crippen LogP contribution in [0, 0.1) is 0 Å². The molecule has 0 saturated heterocycles. The molecule has 12 heteroatoms. The molecule has 0 bridgehead atoms. The first-order chi connectivity index (χ1) is 18.8. The van der Waals surface area contributed by atoms with E-state index in [0.717, 1.165) is 24.3 Å². The standard InChI is InChI=1S/2C14H9ClF3NO/c2*15-9-5-7-10(8-6-9)19-13(20)11-3-1-2-4-12(11)14(16,17)18/h2*1-8H,(H,19,20). The number of alkyl halides is 6. The third kappa shape index (κ3) is 8.49. The molecule has 0 fully saturated rings. The van der Waals surface area contributed by atoms with Crippen LogP contribution in [0.1, 0.15) is 31.8 Å². The van der Waals surface area contributed by atoms with Crippen LogP contribution < -0.4 is 10.6 Å². The number of carbonyl (C=O) groups excluding carboxylic acids is 2. The first-order valence-corrected chi connectivity index (χ1v) is 12.0. The molecule has 4 aromatic carbocycles. The number of amides is 2. The summed E-state index contributed by atoms with van der Waals surface area (Å²) in [5.74, 6) is -1.64. The molecule has 0 aliphatic carbocycles. The van der Waals surface area contributed by atoms with E-state index in [1.54, 1.807) is 0 Å². The Morgan fingerprint density at radius 3 is 1.10 bits per heavy atom. The summed E-state index contributed by atoms with van der Waals surface area (Å²) >= 11 is 11.4. The van der Waals surface area contributed by atoms with Crippen molar-refractivity contribution in [3.05, 3.63) is 129 Å². The van der Waals surface area contributed by atoms with Gasteiger partial charge in [0.25, 0.3) is 11.8 Å². The van der Waals surface area contributed by atoms with Crippen LogP contribution in [0.5, 0.6) is 0 Å². The van der Waals surface area contributed by atoms with Gasteiger partial charge in [-0.25, -0.2) is 0 Å². The van der Waals surface area contributed by atoms with Crippen LogP contribution in [0.25, 0.3) is 0 Å². The molecule has 2 amide bonds. The molecule has 0 aromatic heterocycles. The first-order valence-electron chi connectivity index (χ1n) is 11.2. The summed E-state index contributed by atoms with van der Waals surface area (Å²) in [5, 5.41) is 5.74. The third-order valence-corrected chi connectivity index (χ3v) is 5.66. The van der Waals surface area contributed by atoms with E-state index in [2.05, 4.69) is 10.6 Å². The Morgan fingerprint density at radius 2 is 0.800 bits per heavy atom. The minimum atomic E-state index is -4.58. The van der Waals surface area contributed by atoms with Gasteiger partial charge in [0.05, 0.1) is 22.3 Å². The van der Waals surface area contributed by atoms with Gasteiger partial charge in [0.1, 0.15) is 0 Å². The molecule has 2 N–H and O–H groups in total. The average molecular weight is 599 g/mol. The van der Waals surface area contributed by atoms with E-state index in [0.29, 0.717) is 21.4 Å². The lowest BCUT2D eigenvalue weighted by Gasteiger charge is -2.12. The number of benzene rings is 4. The van der Waals surface area contributed by atoms with Crippen molar-refractivity contribution in [3.8, 4) is 0 Å². The summed E-state index contributed by atoms with van der Waals surface area (Å²) in [5.41, 5.74) is -2.03. The largest absolute Gasteiger partial charge is 0.417 e. The van der Waals surface area contributed by atoms with Crippen LogP contribution in [-0.4, -0.2) is 11.8 Å². The van der Waals surface area contributed by atoms with Crippen molar-refractivity contribution < 1.29 is 35.9 Å². The van der Waals surface area contributed by atoms with Gasteiger partial charge in [0.2, 0.25) is 0 Å². The maximum atomic E-state index is 12.8. The summed E-state index contributed by atoms with van der Waals surface area (Å²) in [6, 6.07) is 21.4. The molecule has 208 valence electrons. The Morgan fingerprint density at radius 1 is 0.500 bits per heavy atom. The van der Waals surface area contributed by atoms with Gasteiger partial charge in [-0.2, -0.15) is 26.3 Å². The van der Waals surface area contributed by atoms with Crippen molar-refractivity contribution in [2.24, 2.45) is 0 Å². The lowest BCUT2D eigenvalue weighted by atomic mass is 10.1. The van der Waals surface area contributed by atoms with Crippen LogP contribution in [-0.2, 0) is 12.4 Å². The Balaban J connectivity index is 0.000000220. The number of nitrogens with one attached hydrogen (secondary N) is 2. The quantitative estimate of drug-likeness (QED) is 0.230. The number of carbonyl (C=O) groups is 2. The molecule has 0 atom stereocenters. The number of rotatable bonds is 4. The number of hydrogen-bond acceptors (Lipinski definition) is 2. The molecule has 0 saturated carbocycles. The highest BCUT2D eigenvalue weighted by Crippen LogP contribution is 2.33. The highest BCUT2D eigenvalue weighted by molar-refractivity contribution is 6.31. The van der Waals surface area contributed by atoms with E-state index in [9.17, 15) is 35.9 Å². The fourth-order valence-corrected chi connectivity index (χ4v) is 3.57. The van der Waals surface area contributed by atoms with Gasteiger partial charge in [0.15, 0.2) is 0 Å². The Bertz CT molecular complexity index is 1360. The molecular formula is C28H18Cl2F6N2O2. The SMILES string of the molecule is O=C(Nc1ccc(Cl)cc1)c1ccccc1C(F)(F)F.O=C(Nc1ccc(Cl)cc1)c1ccccc1C(F)(F)F. The Hall–Kier alpha value is -4.02. The second kappa shape index (κ2) is 12.9. The molecule has 0 radical (unpaired) electrons. The van der Waals surface area contributed by atoms with Crippen molar-refractivity contribution in [2.75, 3.05) is 10.6 Å². The van der Waals surface area contributed by atoms with Gasteiger partial charge >= 0.3 is 12.4 Å². The number of halogens is 8. The second-order valence-electron chi connectivity index (χ2n) is 8.01. The smallest absolute Gasteiger partial charge is 0.322 e. The maximum absolute atomic E-state index is 12.8. The minimum absolute atomic E-state index is 0.372. The molecule has 4 aromatic rings. The minimum Gasteiger partial charge on any atom is -0.322 e. The van der Waals surface area contributed by atoms with Crippen molar-refractivity contribution >= 4 is 46.4 Å². The number of anilines is 2. The van der Waals surface area contributed by atoms with Crippen molar-refractivity contribution in [3.63, 3.8) is 0 Å². The van der Waals surface area contributed by atoms with Crippen LogP contribution in [0.4, 0.5) is 37.7 Å². The van der Waals surface area contributed by atoms with Crippen molar-refractivity contribution in [1.82, 2.24) is 0 Å². The molecule has 0 spiro atoms. The van der Waals surface area contributed by atoms with Gasteiger partial charge in [-0.1, -0.05) is 47.5 Å². The van der Waals surface area contributed by atoms with Gasteiger partial charge in [-0.05, 0) is 72.8 Å². The van der Waals surface area contributed by atoms with E-state index in [1.807, 2.05) is 0 Å². The molecule has 4 nitrogen and oxygen atoms in total. The summed E-state index contributed by atoms with van der Waals surface area (Å²) in [6.07, 6.45) is -9.15. The molecular weight excluding hydrogens is 581 g/mol. The maximum Gasteiger partial charge on any atom is 0.417 e. The predicted molar refractivity (Wildman–Crippen MR) is 142 cm³/mol. The molecule has 0 aliphatic rings. The molecule has 0 heterocycles. The van der Waals surface area contributed by atoms with Gasteiger partial charge in [-0.3, -0.25) is 9.59 Å². The lowest BCUT2D eigenvalue weighted by Crippen LogP contribution is -2.18. The predicted octanol–water partition coefficient (Wildman–Crippen LogP) is 9.22. The van der Waals surface area contributed by atoms with Crippen LogP contribution >= 0.6 is 23.2 Å². The van der Waals surface area contributed by atoms with Crippen LogP contribution in [0.3, 0.4) is 0 Å². The van der Waals surface area contributed by atoms with E-state index < -0.39 is 46.4 Å². The van der Waals surface area contributed by atoms with E-state index in [-0.39, 0.29) is 0 Å². The summed E-state index contributed by atoms with van der Waals surface area (Å²) in [7, 11) is 0. The van der Waals surface area contributed by atoms with Gasteiger partial charge in [0, 0.05) is 21.4 Å². The Kier molecular flexibility index (Phi) is 9.83. The summed E-state index contributed by atoms with van der Waals surface area (Å²) < 4.78 is 76.8. The average Bonchev–Trinajstić information content (AvgIpc) is 2.90. The fraction of sp³-hybridized carbons (Fsp3) is 0.0714. The highest BCUT2D eigenvalue weighted by atomic mass is 35.5. The van der Waals surface area contributed by atoms with Crippen LogP contribution in [0.2, 0.25) is 10.0 Å². The van der Waals surface area contributed by atoms with Crippen LogP contribution in [0.15, 0.2) is 97.1 Å². The molecule has 40 heavy (non-hydrogen) atoms. The topological polar surface area (TPSA) is 58.2 Å². The zero-order valence-corrected chi connectivity index (χ0v) is 21.6. The third-order valence-electron chi connectivity index (χ3n) is 5.16. The second-order valence-corrected chi connectivity index (χ2v) is 8.88. The van der Waals surface area contributed by atoms with E-state index in [1.165, 1.54) is 72.8 Å². The van der Waals surface area contributed by atoms with Crippen molar-refractivity contribution in [2.45, 2.75) is 12.4 Å². The normalized spacial score (nSPS) is 11.2.